The van der Waals surface area contributed by atoms with Crippen molar-refractivity contribution in [3.8, 4) is 0 Å². The second-order valence-electron chi connectivity index (χ2n) is 2.93. The number of carbonyl (C=O) groups is 1. The molecule has 0 spiro atoms. The highest BCUT2D eigenvalue weighted by Gasteiger charge is 2.13. The molecule has 0 bridgehead atoms. The highest BCUT2D eigenvalue weighted by molar-refractivity contribution is 7.07. The van der Waals surface area contributed by atoms with Gasteiger partial charge in [0.1, 0.15) is 0 Å². The van der Waals surface area contributed by atoms with Crippen LogP contribution in [0.25, 0.3) is 0 Å². The van der Waals surface area contributed by atoms with Gasteiger partial charge in [-0.25, -0.2) is 4.98 Å². The lowest BCUT2D eigenvalue weighted by Crippen LogP contribution is -2.26. The summed E-state index contributed by atoms with van der Waals surface area (Å²) in [6, 6.07) is 0. The van der Waals surface area contributed by atoms with E-state index in [0.717, 1.165) is 24.1 Å². The number of thiazole rings is 1. The topological polar surface area (TPSA) is 42.0 Å². The van der Waals surface area contributed by atoms with Crippen molar-refractivity contribution in [2.45, 2.75) is 19.4 Å². The second-order valence-corrected chi connectivity index (χ2v) is 3.65. The van der Waals surface area contributed by atoms with Gasteiger partial charge in [-0.1, -0.05) is 6.08 Å². The number of carbonyl (C=O) groups excluding carboxylic acids is 1. The molecule has 0 saturated heterocycles. The van der Waals surface area contributed by atoms with Crippen molar-refractivity contribution in [2.24, 2.45) is 0 Å². The highest BCUT2D eigenvalue weighted by atomic mass is 32.1. The first-order chi connectivity index (χ1) is 6.36. The molecule has 0 aliphatic heterocycles. The van der Waals surface area contributed by atoms with Gasteiger partial charge < -0.3 is 5.32 Å². The third-order valence-corrected chi connectivity index (χ3v) is 2.64. The molecule has 0 atom stereocenters. The minimum Gasteiger partial charge on any atom is -0.347 e. The van der Waals surface area contributed by atoms with Gasteiger partial charge in [-0.15, -0.1) is 11.3 Å². The van der Waals surface area contributed by atoms with Crippen LogP contribution >= 0.6 is 11.3 Å². The fourth-order valence-electron chi connectivity index (χ4n) is 1.10. The number of aromatic nitrogens is 1. The maximum absolute atomic E-state index is 11.3. The highest BCUT2D eigenvalue weighted by Crippen LogP contribution is 2.17. The standard InChI is InChI=1S/C9H10N2OS/c12-9(7-2-1-3-7)10-4-8-5-13-6-11-8/h2,5-6H,1,3-4H2,(H,10,12). The summed E-state index contributed by atoms with van der Waals surface area (Å²) in [5, 5.41) is 4.76. The van der Waals surface area contributed by atoms with Crippen LogP contribution < -0.4 is 5.32 Å². The smallest absolute Gasteiger partial charge is 0.247 e. The first kappa shape index (κ1) is 8.44. The molecule has 1 aliphatic carbocycles. The van der Waals surface area contributed by atoms with Crippen LogP contribution in [0.1, 0.15) is 18.5 Å². The van der Waals surface area contributed by atoms with Crippen LogP contribution in [0.4, 0.5) is 0 Å². The molecule has 2 rings (SSSR count). The summed E-state index contributed by atoms with van der Waals surface area (Å²) < 4.78 is 0. The molecular formula is C9H10N2OS. The molecule has 1 aliphatic rings. The van der Waals surface area contributed by atoms with Crippen molar-refractivity contribution in [2.75, 3.05) is 0 Å². The minimum atomic E-state index is 0.0549. The molecule has 0 radical (unpaired) electrons. The van der Waals surface area contributed by atoms with Gasteiger partial charge in [-0.2, -0.15) is 0 Å². The van der Waals surface area contributed by atoms with Crippen molar-refractivity contribution in [1.29, 1.82) is 0 Å². The summed E-state index contributed by atoms with van der Waals surface area (Å²) in [7, 11) is 0. The monoisotopic (exact) mass is 194 g/mol. The average Bonchev–Trinajstić information content (AvgIpc) is 2.49. The van der Waals surface area contributed by atoms with E-state index in [1.54, 1.807) is 16.8 Å². The van der Waals surface area contributed by atoms with Crippen LogP contribution in [0.2, 0.25) is 0 Å². The third-order valence-electron chi connectivity index (χ3n) is 2.01. The van der Waals surface area contributed by atoms with E-state index < -0.39 is 0 Å². The first-order valence-corrected chi connectivity index (χ1v) is 5.15. The molecule has 4 heteroatoms. The van der Waals surface area contributed by atoms with Crippen molar-refractivity contribution in [1.82, 2.24) is 10.3 Å². The molecule has 1 aromatic rings. The van der Waals surface area contributed by atoms with E-state index in [1.807, 2.05) is 11.5 Å². The van der Waals surface area contributed by atoms with E-state index in [9.17, 15) is 4.79 Å². The molecule has 0 unspecified atom stereocenters. The van der Waals surface area contributed by atoms with Gasteiger partial charge in [-0.3, -0.25) is 4.79 Å². The Morgan fingerprint density at radius 1 is 1.69 bits per heavy atom. The number of hydrogen-bond acceptors (Lipinski definition) is 3. The number of rotatable bonds is 3. The van der Waals surface area contributed by atoms with Gasteiger partial charge in [0.25, 0.3) is 0 Å². The fourth-order valence-corrected chi connectivity index (χ4v) is 1.66. The van der Waals surface area contributed by atoms with Crippen molar-refractivity contribution in [3.05, 3.63) is 28.2 Å². The van der Waals surface area contributed by atoms with Crippen LogP contribution in [-0.4, -0.2) is 10.9 Å². The molecule has 1 N–H and O–H groups in total. The molecule has 3 nitrogen and oxygen atoms in total. The maximum Gasteiger partial charge on any atom is 0.247 e. The van der Waals surface area contributed by atoms with Crippen molar-refractivity contribution >= 4 is 17.2 Å². The number of allylic oxidation sites excluding steroid dienone is 1. The molecular weight excluding hydrogens is 184 g/mol. The second kappa shape index (κ2) is 3.70. The Morgan fingerprint density at radius 2 is 2.54 bits per heavy atom. The lowest BCUT2D eigenvalue weighted by Gasteiger charge is -2.13. The lowest BCUT2D eigenvalue weighted by molar-refractivity contribution is -0.118. The minimum absolute atomic E-state index is 0.0549. The summed E-state index contributed by atoms with van der Waals surface area (Å²) in [5.41, 5.74) is 3.61. The SMILES string of the molecule is O=C(NCc1cscn1)C1=CCC1. The zero-order valence-electron chi connectivity index (χ0n) is 7.12. The van der Waals surface area contributed by atoms with Gasteiger partial charge in [0.05, 0.1) is 17.7 Å². The normalized spacial score (nSPS) is 14.6. The van der Waals surface area contributed by atoms with Crippen LogP contribution in [0, 0.1) is 0 Å². The zero-order chi connectivity index (χ0) is 9.10. The van der Waals surface area contributed by atoms with E-state index >= 15 is 0 Å². The van der Waals surface area contributed by atoms with Gasteiger partial charge in [0, 0.05) is 11.0 Å². The summed E-state index contributed by atoms with van der Waals surface area (Å²) in [6.07, 6.45) is 3.93. The lowest BCUT2D eigenvalue weighted by atomic mass is 9.98. The zero-order valence-corrected chi connectivity index (χ0v) is 7.93. The Morgan fingerprint density at radius 3 is 3.08 bits per heavy atom. The van der Waals surface area contributed by atoms with E-state index in [-0.39, 0.29) is 5.91 Å². The number of amides is 1. The Kier molecular flexibility index (Phi) is 2.40. The maximum atomic E-state index is 11.3. The number of nitrogens with one attached hydrogen (secondary N) is 1. The molecule has 1 amide bonds. The summed E-state index contributed by atoms with van der Waals surface area (Å²) >= 11 is 1.54. The molecule has 1 heterocycles. The van der Waals surface area contributed by atoms with E-state index in [4.69, 9.17) is 0 Å². The van der Waals surface area contributed by atoms with Crippen LogP contribution in [0.15, 0.2) is 22.5 Å². The summed E-state index contributed by atoms with van der Waals surface area (Å²) in [5.74, 6) is 0.0549. The average molecular weight is 194 g/mol. The van der Waals surface area contributed by atoms with E-state index in [0.29, 0.717) is 6.54 Å². The molecule has 1 aromatic heterocycles. The Hall–Kier alpha value is -1.16. The molecule has 0 aromatic carbocycles. The van der Waals surface area contributed by atoms with Crippen molar-refractivity contribution in [3.63, 3.8) is 0 Å². The van der Waals surface area contributed by atoms with Gasteiger partial charge in [0.15, 0.2) is 0 Å². The number of nitrogens with zero attached hydrogens (tertiary/aromatic N) is 1. The van der Waals surface area contributed by atoms with E-state index in [2.05, 4.69) is 10.3 Å². The van der Waals surface area contributed by atoms with Crippen LogP contribution in [0.3, 0.4) is 0 Å². The Bertz CT molecular complexity index is 329. The summed E-state index contributed by atoms with van der Waals surface area (Å²) in [6.45, 7) is 0.541. The third kappa shape index (κ3) is 1.95. The molecule has 68 valence electrons. The predicted octanol–water partition coefficient (Wildman–Crippen LogP) is 1.48. The van der Waals surface area contributed by atoms with Gasteiger partial charge in [-0.05, 0) is 12.8 Å². The molecule has 0 saturated carbocycles. The molecule has 13 heavy (non-hydrogen) atoms. The first-order valence-electron chi connectivity index (χ1n) is 4.20. The Labute approximate surface area is 80.5 Å². The Balaban J connectivity index is 1.82. The van der Waals surface area contributed by atoms with Crippen LogP contribution in [-0.2, 0) is 11.3 Å². The van der Waals surface area contributed by atoms with Gasteiger partial charge in [0.2, 0.25) is 5.91 Å². The molecule has 0 fully saturated rings. The van der Waals surface area contributed by atoms with Gasteiger partial charge >= 0.3 is 0 Å². The number of hydrogen-bond donors (Lipinski definition) is 1. The largest absolute Gasteiger partial charge is 0.347 e. The summed E-state index contributed by atoms with van der Waals surface area (Å²) in [4.78, 5) is 15.4. The quantitative estimate of drug-likeness (QED) is 0.792. The fraction of sp³-hybridized carbons (Fsp3) is 0.333. The van der Waals surface area contributed by atoms with E-state index in [1.165, 1.54) is 0 Å². The predicted molar refractivity (Wildman–Crippen MR) is 51.3 cm³/mol. The van der Waals surface area contributed by atoms with Crippen LogP contribution in [0.5, 0.6) is 0 Å². The van der Waals surface area contributed by atoms with Crippen molar-refractivity contribution < 1.29 is 4.79 Å².